The third-order valence-electron chi connectivity index (χ3n) is 6.24. The van der Waals surface area contributed by atoms with Crippen molar-refractivity contribution in [2.75, 3.05) is 13.7 Å². The van der Waals surface area contributed by atoms with Crippen LogP contribution >= 0.6 is 11.6 Å². The highest BCUT2D eigenvalue weighted by molar-refractivity contribution is 6.30. The minimum atomic E-state index is -0.513. The third kappa shape index (κ3) is 7.30. The van der Waals surface area contributed by atoms with E-state index in [-0.39, 0.29) is 41.7 Å². The highest BCUT2D eigenvalue weighted by Crippen LogP contribution is 2.26. The molecule has 0 aliphatic heterocycles. The average Bonchev–Trinajstić information content (AvgIpc) is 3.34. The standard InChI is InChI=1S/C25H29ClFN7O3/c1-15-9-18(11-22(29-15)25(36)28-12-17-5-8-21(27)20(26)10-17)24-31-33-34(32-24)13-16-3-6-19(7-4-16)30-23(35)14-37-2/h5,8-11,16,19H,3-4,6-7,12-14H2,1-2H3,(H,28,36)(H,30,35)/t16-,19-. The first kappa shape index (κ1) is 26.6. The van der Waals surface area contributed by atoms with Crippen LogP contribution in [0.4, 0.5) is 4.39 Å². The number of ether oxygens (including phenoxy) is 1. The fourth-order valence-electron chi connectivity index (χ4n) is 4.39. The van der Waals surface area contributed by atoms with E-state index in [4.69, 9.17) is 16.3 Å². The summed E-state index contributed by atoms with van der Waals surface area (Å²) in [5.74, 6) is -0.189. The number of rotatable bonds is 9. The molecular formula is C25H29ClFN7O3. The second-order valence-electron chi connectivity index (χ2n) is 9.20. The van der Waals surface area contributed by atoms with Crippen molar-refractivity contribution in [1.82, 2.24) is 35.8 Å². The molecule has 1 aliphatic rings. The summed E-state index contributed by atoms with van der Waals surface area (Å²) in [6, 6.07) is 7.87. The molecule has 2 heterocycles. The van der Waals surface area contributed by atoms with E-state index in [1.165, 1.54) is 19.2 Å². The van der Waals surface area contributed by atoms with Crippen molar-refractivity contribution in [3.05, 3.63) is 58.1 Å². The Bertz CT molecular complexity index is 1260. The molecule has 1 fully saturated rings. The van der Waals surface area contributed by atoms with Crippen molar-refractivity contribution < 1.29 is 18.7 Å². The number of pyridine rings is 1. The zero-order valence-electron chi connectivity index (χ0n) is 20.7. The highest BCUT2D eigenvalue weighted by atomic mass is 35.5. The molecule has 3 aromatic rings. The number of hydrogen-bond acceptors (Lipinski definition) is 7. The maximum Gasteiger partial charge on any atom is 0.270 e. The maximum absolute atomic E-state index is 13.4. The molecule has 1 saturated carbocycles. The molecular weight excluding hydrogens is 501 g/mol. The number of aromatic nitrogens is 5. The van der Waals surface area contributed by atoms with Gasteiger partial charge in [-0.2, -0.15) is 4.80 Å². The van der Waals surface area contributed by atoms with Crippen LogP contribution in [0.25, 0.3) is 11.4 Å². The SMILES string of the molecule is COCC(=O)N[C@H]1CC[C@H](Cn2nnc(-c3cc(C)nc(C(=O)NCc4ccc(F)c(Cl)c4)c3)n2)CC1. The topological polar surface area (TPSA) is 124 Å². The number of benzene rings is 1. The molecule has 2 N–H and O–H groups in total. The summed E-state index contributed by atoms with van der Waals surface area (Å²) >= 11 is 5.81. The number of carbonyl (C=O) groups is 2. The van der Waals surface area contributed by atoms with Crippen LogP contribution in [0, 0.1) is 18.7 Å². The zero-order valence-corrected chi connectivity index (χ0v) is 21.5. The first-order valence-corrected chi connectivity index (χ1v) is 12.5. The van der Waals surface area contributed by atoms with Gasteiger partial charge in [-0.05, 0) is 73.6 Å². The van der Waals surface area contributed by atoms with Crippen molar-refractivity contribution in [1.29, 1.82) is 0 Å². The lowest BCUT2D eigenvalue weighted by molar-refractivity contribution is -0.125. The Morgan fingerprint density at radius 2 is 1.97 bits per heavy atom. The van der Waals surface area contributed by atoms with E-state index in [1.54, 1.807) is 29.9 Å². The van der Waals surface area contributed by atoms with Gasteiger partial charge >= 0.3 is 0 Å². The summed E-state index contributed by atoms with van der Waals surface area (Å²) in [6.07, 6.45) is 3.70. The number of aryl methyl sites for hydroxylation is 1. The lowest BCUT2D eigenvalue weighted by Crippen LogP contribution is -2.39. The Labute approximate surface area is 218 Å². The Balaban J connectivity index is 1.34. The summed E-state index contributed by atoms with van der Waals surface area (Å²) in [5.41, 5.74) is 2.16. The number of nitrogens with zero attached hydrogens (tertiary/aromatic N) is 5. The first-order valence-electron chi connectivity index (χ1n) is 12.1. The number of methoxy groups -OCH3 is 1. The molecule has 0 spiro atoms. The van der Waals surface area contributed by atoms with E-state index in [0.717, 1.165) is 25.7 Å². The fourth-order valence-corrected chi connectivity index (χ4v) is 4.60. The summed E-state index contributed by atoms with van der Waals surface area (Å²) in [6.45, 7) is 2.67. The lowest BCUT2D eigenvalue weighted by atomic mass is 9.86. The predicted octanol–water partition coefficient (Wildman–Crippen LogP) is 3.09. The first-order chi connectivity index (χ1) is 17.8. The van der Waals surface area contributed by atoms with Crippen molar-refractivity contribution in [2.24, 2.45) is 5.92 Å². The van der Waals surface area contributed by atoms with Crippen LogP contribution in [0.3, 0.4) is 0 Å². The van der Waals surface area contributed by atoms with Gasteiger partial charge in [-0.3, -0.25) is 9.59 Å². The molecule has 0 saturated heterocycles. The van der Waals surface area contributed by atoms with E-state index < -0.39 is 5.82 Å². The smallest absolute Gasteiger partial charge is 0.270 e. The minimum absolute atomic E-state index is 0.00114. The summed E-state index contributed by atoms with van der Waals surface area (Å²) in [5, 5.41) is 18.7. The van der Waals surface area contributed by atoms with Gasteiger partial charge in [0.15, 0.2) is 0 Å². The number of amides is 2. The van der Waals surface area contributed by atoms with Crippen LogP contribution in [0.2, 0.25) is 5.02 Å². The zero-order chi connectivity index (χ0) is 26.4. The van der Waals surface area contributed by atoms with Crippen LogP contribution in [0.15, 0.2) is 30.3 Å². The van der Waals surface area contributed by atoms with Gasteiger partial charge in [-0.25, -0.2) is 9.37 Å². The number of hydrogen-bond donors (Lipinski definition) is 2. The average molecular weight is 530 g/mol. The summed E-state index contributed by atoms with van der Waals surface area (Å²) in [4.78, 5) is 30.4. The Hall–Kier alpha value is -3.44. The molecule has 12 heteroatoms. The number of carbonyl (C=O) groups excluding carboxylic acids is 2. The molecule has 4 rings (SSSR count). The summed E-state index contributed by atoms with van der Waals surface area (Å²) < 4.78 is 18.2. The molecule has 196 valence electrons. The van der Waals surface area contributed by atoms with Crippen LogP contribution < -0.4 is 10.6 Å². The van der Waals surface area contributed by atoms with Crippen molar-refractivity contribution >= 4 is 23.4 Å². The molecule has 1 aromatic carbocycles. The van der Waals surface area contributed by atoms with Crippen LogP contribution in [-0.2, 0) is 22.6 Å². The van der Waals surface area contributed by atoms with E-state index in [9.17, 15) is 14.0 Å². The molecule has 2 amide bonds. The van der Waals surface area contributed by atoms with E-state index in [2.05, 4.69) is 31.0 Å². The van der Waals surface area contributed by atoms with Gasteiger partial charge in [0.1, 0.15) is 18.1 Å². The van der Waals surface area contributed by atoms with E-state index >= 15 is 0 Å². The van der Waals surface area contributed by atoms with Crippen molar-refractivity contribution in [3.63, 3.8) is 0 Å². The fraction of sp³-hybridized carbons (Fsp3) is 0.440. The minimum Gasteiger partial charge on any atom is -0.375 e. The Morgan fingerprint density at radius 1 is 1.19 bits per heavy atom. The molecule has 0 unspecified atom stereocenters. The van der Waals surface area contributed by atoms with E-state index in [0.29, 0.717) is 35.1 Å². The molecule has 0 radical (unpaired) electrons. The molecule has 0 bridgehead atoms. The molecule has 0 atom stereocenters. The number of tetrazole rings is 1. The van der Waals surface area contributed by atoms with Crippen LogP contribution in [0.5, 0.6) is 0 Å². The van der Waals surface area contributed by atoms with Gasteiger partial charge < -0.3 is 15.4 Å². The highest BCUT2D eigenvalue weighted by Gasteiger charge is 2.23. The second-order valence-corrected chi connectivity index (χ2v) is 9.61. The van der Waals surface area contributed by atoms with Gasteiger partial charge in [0, 0.05) is 31.0 Å². The second kappa shape index (κ2) is 12.2. The van der Waals surface area contributed by atoms with Crippen molar-refractivity contribution in [2.45, 2.75) is 51.7 Å². The van der Waals surface area contributed by atoms with Gasteiger partial charge in [-0.1, -0.05) is 17.7 Å². The molecule has 1 aliphatic carbocycles. The number of halogens is 2. The monoisotopic (exact) mass is 529 g/mol. The Morgan fingerprint density at radius 3 is 2.70 bits per heavy atom. The van der Waals surface area contributed by atoms with Gasteiger partial charge in [0.05, 0.1) is 11.6 Å². The largest absolute Gasteiger partial charge is 0.375 e. The number of nitrogens with one attached hydrogen (secondary N) is 2. The van der Waals surface area contributed by atoms with Crippen molar-refractivity contribution in [3.8, 4) is 11.4 Å². The quantitative estimate of drug-likeness (QED) is 0.436. The van der Waals surface area contributed by atoms with Gasteiger partial charge in [-0.15, -0.1) is 10.2 Å². The molecule has 10 nitrogen and oxygen atoms in total. The predicted molar refractivity (Wildman–Crippen MR) is 134 cm³/mol. The maximum atomic E-state index is 13.4. The third-order valence-corrected chi connectivity index (χ3v) is 6.53. The van der Waals surface area contributed by atoms with Gasteiger partial charge in [0.25, 0.3) is 5.91 Å². The Kier molecular flexibility index (Phi) is 8.78. The van der Waals surface area contributed by atoms with E-state index in [1.807, 2.05) is 0 Å². The van der Waals surface area contributed by atoms with Gasteiger partial charge in [0.2, 0.25) is 11.7 Å². The van der Waals surface area contributed by atoms with Crippen LogP contribution in [0.1, 0.15) is 47.4 Å². The molecule has 2 aromatic heterocycles. The lowest BCUT2D eigenvalue weighted by Gasteiger charge is -2.28. The molecule has 37 heavy (non-hydrogen) atoms. The van der Waals surface area contributed by atoms with Crippen LogP contribution in [-0.4, -0.2) is 56.8 Å². The summed E-state index contributed by atoms with van der Waals surface area (Å²) in [7, 11) is 1.51. The normalized spacial score (nSPS) is 17.4.